The monoisotopic (exact) mass is 298 g/mol. The van der Waals surface area contributed by atoms with Gasteiger partial charge in [-0.2, -0.15) is 0 Å². The van der Waals surface area contributed by atoms with E-state index in [0.29, 0.717) is 12.4 Å². The minimum absolute atomic E-state index is 0.108. The molecule has 0 aliphatic rings. The fraction of sp³-hybridized carbons (Fsp3) is 0.385. The maximum Gasteiger partial charge on any atom is 0.279 e. The number of nitrogens with one attached hydrogen (secondary N) is 2. The van der Waals surface area contributed by atoms with Gasteiger partial charge < -0.3 is 14.6 Å². The SMILES string of the molecule is CCCOC(=S)NNC(=O)[C@@H](C)Oc1ccc(O)cc1. The molecule has 0 bridgehead atoms. The number of hydrazine groups is 1. The topological polar surface area (TPSA) is 79.8 Å². The Kier molecular flexibility index (Phi) is 6.58. The molecule has 110 valence electrons. The zero-order valence-electron chi connectivity index (χ0n) is 11.4. The Balaban J connectivity index is 2.35. The number of benzene rings is 1. The van der Waals surface area contributed by atoms with E-state index < -0.39 is 6.10 Å². The first kappa shape index (κ1) is 16.0. The van der Waals surface area contributed by atoms with Crippen LogP contribution in [0.15, 0.2) is 24.3 Å². The van der Waals surface area contributed by atoms with E-state index in [4.69, 9.17) is 26.8 Å². The molecule has 20 heavy (non-hydrogen) atoms. The molecule has 7 heteroatoms. The van der Waals surface area contributed by atoms with Crippen molar-refractivity contribution in [1.82, 2.24) is 10.9 Å². The highest BCUT2D eigenvalue weighted by atomic mass is 32.1. The van der Waals surface area contributed by atoms with Gasteiger partial charge in [0.2, 0.25) is 0 Å². The largest absolute Gasteiger partial charge is 0.508 e. The average Bonchev–Trinajstić information content (AvgIpc) is 2.44. The number of carbonyl (C=O) groups excluding carboxylic acids is 1. The molecule has 6 nitrogen and oxygen atoms in total. The van der Waals surface area contributed by atoms with Crippen molar-refractivity contribution in [2.24, 2.45) is 0 Å². The standard InChI is InChI=1S/C13H18N2O4S/c1-3-8-18-13(20)15-14-12(17)9(2)19-11-6-4-10(16)5-7-11/h4-7,9,16H,3,8H2,1-2H3,(H,14,17)(H,15,20)/t9-/m1/s1. The van der Waals surface area contributed by atoms with Crippen LogP contribution in [-0.4, -0.2) is 28.9 Å². The first-order valence-corrected chi connectivity index (χ1v) is 6.62. The molecule has 0 aliphatic carbocycles. The summed E-state index contributed by atoms with van der Waals surface area (Å²) in [5, 5.41) is 9.25. The van der Waals surface area contributed by atoms with Crippen LogP contribution in [0.2, 0.25) is 0 Å². The fourth-order valence-corrected chi connectivity index (χ4v) is 1.36. The molecule has 3 N–H and O–H groups in total. The van der Waals surface area contributed by atoms with Gasteiger partial charge in [-0.1, -0.05) is 6.92 Å². The highest BCUT2D eigenvalue weighted by Crippen LogP contribution is 2.17. The maximum absolute atomic E-state index is 11.7. The third kappa shape index (κ3) is 5.75. The quantitative estimate of drug-likeness (QED) is 0.564. The third-order valence-corrected chi connectivity index (χ3v) is 2.46. The predicted octanol–water partition coefficient (Wildman–Crippen LogP) is 1.49. The molecular formula is C13H18N2O4S. The summed E-state index contributed by atoms with van der Waals surface area (Å²) < 4.78 is 10.5. The van der Waals surface area contributed by atoms with E-state index in [1.165, 1.54) is 12.1 Å². The summed E-state index contributed by atoms with van der Waals surface area (Å²) in [7, 11) is 0. The molecule has 1 aromatic rings. The van der Waals surface area contributed by atoms with Crippen LogP contribution < -0.4 is 15.6 Å². The van der Waals surface area contributed by atoms with Crippen LogP contribution in [0.4, 0.5) is 0 Å². The van der Waals surface area contributed by atoms with Crippen LogP contribution in [0.25, 0.3) is 0 Å². The minimum atomic E-state index is -0.721. The molecule has 0 saturated heterocycles. The molecule has 0 spiro atoms. The molecule has 0 radical (unpaired) electrons. The number of carbonyl (C=O) groups is 1. The van der Waals surface area contributed by atoms with E-state index in [1.807, 2.05) is 6.92 Å². The Labute approximate surface area is 123 Å². The van der Waals surface area contributed by atoms with Gasteiger partial charge in [-0.05, 0) is 49.8 Å². The smallest absolute Gasteiger partial charge is 0.279 e. The Morgan fingerprint density at radius 2 is 2.00 bits per heavy atom. The van der Waals surface area contributed by atoms with E-state index in [9.17, 15) is 4.79 Å². The number of aromatic hydroxyl groups is 1. The van der Waals surface area contributed by atoms with Gasteiger partial charge in [-0.25, -0.2) is 0 Å². The number of ether oxygens (including phenoxy) is 2. The predicted molar refractivity (Wildman–Crippen MR) is 78.3 cm³/mol. The molecule has 0 unspecified atom stereocenters. The first-order chi connectivity index (χ1) is 9.52. The molecule has 0 aliphatic heterocycles. The normalized spacial score (nSPS) is 11.3. The van der Waals surface area contributed by atoms with Gasteiger partial charge in [0.05, 0.1) is 6.61 Å². The molecule has 1 aromatic carbocycles. The second kappa shape index (κ2) is 8.21. The van der Waals surface area contributed by atoms with Crippen LogP contribution >= 0.6 is 12.2 Å². The van der Waals surface area contributed by atoms with E-state index in [1.54, 1.807) is 19.1 Å². The Morgan fingerprint density at radius 1 is 1.35 bits per heavy atom. The van der Waals surface area contributed by atoms with Crippen molar-refractivity contribution in [2.45, 2.75) is 26.4 Å². The molecule has 1 atom stereocenters. The molecule has 0 heterocycles. The third-order valence-electron chi connectivity index (χ3n) is 2.24. The number of rotatable bonds is 5. The summed E-state index contributed by atoms with van der Waals surface area (Å²) in [6.07, 6.45) is 0.108. The summed E-state index contributed by atoms with van der Waals surface area (Å²) in [4.78, 5) is 11.7. The van der Waals surface area contributed by atoms with Gasteiger partial charge in [0.1, 0.15) is 11.5 Å². The zero-order chi connectivity index (χ0) is 15.0. The van der Waals surface area contributed by atoms with E-state index in [0.717, 1.165) is 6.42 Å². The minimum Gasteiger partial charge on any atom is -0.508 e. The number of phenols is 1. The molecule has 0 fully saturated rings. The second-order valence-corrected chi connectivity index (χ2v) is 4.37. The Bertz CT molecular complexity index is 450. The lowest BCUT2D eigenvalue weighted by Gasteiger charge is -2.16. The zero-order valence-corrected chi connectivity index (χ0v) is 12.2. The summed E-state index contributed by atoms with van der Waals surface area (Å²) in [6.45, 7) is 4.04. The van der Waals surface area contributed by atoms with Gasteiger partial charge in [0.15, 0.2) is 6.10 Å². The molecule has 0 saturated carbocycles. The van der Waals surface area contributed by atoms with Gasteiger partial charge in [0, 0.05) is 0 Å². The summed E-state index contributed by atoms with van der Waals surface area (Å²) in [6, 6.07) is 6.10. The second-order valence-electron chi connectivity index (χ2n) is 4.00. The first-order valence-electron chi connectivity index (χ1n) is 6.21. The van der Waals surface area contributed by atoms with Gasteiger partial charge in [0.25, 0.3) is 11.1 Å². The summed E-state index contributed by atoms with van der Waals surface area (Å²) >= 11 is 4.85. The van der Waals surface area contributed by atoms with Crippen LogP contribution in [0.3, 0.4) is 0 Å². The number of hydrogen-bond donors (Lipinski definition) is 3. The summed E-state index contributed by atoms with van der Waals surface area (Å²) in [5.74, 6) is 0.227. The number of phenolic OH excluding ortho intramolecular Hbond substituents is 1. The van der Waals surface area contributed by atoms with Crippen LogP contribution in [-0.2, 0) is 9.53 Å². The van der Waals surface area contributed by atoms with Crippen molar-refractivity contribution >= 4 is 23.3 Å². The van der Waals surface area contributed by atoms with Gasteiger partial charge >= 0.3 is 0 Å². The van der Waals surface area contributed by atoms with Crippen molar-refractivity contribution < 1.29 is 19.4 Å². The van der Waals surface area contributed by atoms with Crippen molar-refractivity contribution in [1.29, 1.82) is 0 Å². The molecule has 1 rings (SSSR count). The van der Waals surface area contributed by atoms with Crippen LogP contribution in [0, 0.1) is 0 Å². The highest BCUT2D eigenvalue weighted by molar-refractivity contribution is 7.80. The van der Waals surface area contributed by atoms with Gasteiger partial charge in [-0.3, -0.25) is 15.6 Å². The lowest BCUT2D eigenvalue weighted by atomic mass is 10.3. The lowest BCUT2D eigenvalue weighted by molar-refractivity contribution is -0.127. The fourth-order valence-electron chi connectivity index (χ4n) is 1.23. The van der Waals surface area contributed by atoms with Crippen molar-refractivity contribution in [2.75, 3.05) is 6.61 Å². The van der Waals surface area contributed by atoms with Crippen molar-refractivity contribution in [3.63, 3.8) is 0 Å². The van der Waals surface area contributed by atoms with Crippen LogP contribution in [0.5, 0.6) is 11.5 Å². The average molecular weight is 298 g/mol. The van der Waals surface area contributed by atoms with Gasteiger partial charge in [-0.15, -0.1) is 0 Å². The molecule has 0 aromatic heterocycles. The summed E-state index contributed by atoms with van der Waals surface area (Å²) in [5.41, 5.74) is 4.88. The Hall–Kier alpha value is -2.02. The molecular weight excluding hydrogens is 280 g/mol. The number of thiocarbonyl (C=S) groups is 1. The lowest BCUT2D eigenvalue weighted by Crippen LogP contribution is -2.47. The van der Waals surface area contributed by atoms with Crippen LogP contribution in [0.1, 0.15) is 20.3 Å². The maximum atomic E-state index is 11.7. The Morgan fingerprint density at radius 3 is 2.60 bits per heavy atom. The van der Waals surface area contributed by atoms with E-state index in [-0.39, 0.29) is 16.8 Å². The molecule has 1 amide bonds. The van der Waals surface area contributed by atoms with E-state index in [2.05, 4.69) is 10.9 Å². The number of amides is 1. The van der Waals surface area contributed by atoms with Crippen molar-refractivity contribution in [3.05, 3.63) is 24.3 Å². The number of hydrogen-bond acceptors (Lipinski definition) is 5. The van der Waals surface area contributed by atoms with Crippen molar-refractivity contribution in [3.8, 4) is 11.5 Å². The highest BCUT2D eigenvalue weighted by Gasteiger charge is 2.14. The van der Waals surface area contributed by atoms with E-state index >= 15 is 0 Å².